The van der Waals surface area contributed by atoms with Gasteiger partial charge in [-0.15, -0.1) is 0 Å². The zero-order valence-corrected chi connectivity index (χ0v) is 11.6. The molecule has 0 saturated carbocycles. The molecule has 0 amide bonds. The highest BCUT2D eigenvalue weighted by atomic mass is 16.6. The van der Waals surface area contributed by atoms with Crippen molar-refractivity contribution in [3.05, 3.63) is 0 Å². The molecule has 0 aliphatic rings. The summed E-state index contributed by atoms with van der Waals surface area (Å²) in [5.74, 6) is -1.32. The monoisotopic (exact) mass is 258 g/mol. The van der Waals surface area contributed by atoms with Crippen LogP contribution in [0.25, 0.3) is 0 Å². The van der Waals surface area contributed by atoms with Gasteiger partial charge in [-0.25, -0.2) is 4.79 Å². The third-order valence-corrected chi connectivity index (χ3v) is 2.80. The van der Waals surface area contributed by atoms with Gasteiger partial charge in [0.05, 0.1) is 0 Å². The van der Waals surface area contributed by atoms with Crippen LogP contribution in [0.5, 0.6) is 0 Å². The summed E-state index contributed by atoms with van der Waals surface area (Å²) in [7, 11) is 0. The van der Waals surface area contributed by atoms with E-state index in [-0.39, 0.29) is 6.42 Å². The largest absolute Gasteiger partial charge is 0.391 e. The summed E-state index contributed by atoms with van der Waals surface area (Å²) in [6, 6.07) is 0. The van der Waals surface area contributed by atoms with Crippen LogP contribution in [0.1, 0.15) is 71.6 Å². The molecule has 0 spiro atoms. The Labute approximate surface area is 110 Å². The number of aliphatic hydroxyl groups excluding tert-OH is 1. The fraction of sp³-hybridized carbons (Fsp3) is 0.857. The molecule has 1 N–H and O–H groups in total. The normalized spacial score (nSPS) is 12.2. The Morgan fingerprint density at radius 3 is 2.22 bits per heavy atom. The molecule has 1 unspecified atom stereocenters. The summed E-state index contributed by atoms with van der Waals surface area (Å²) in [5, 5.41) is 9.41. The topological polar surface area (TPSA) is 63.6 Å². The second-order valence-electron chi connectivity index (χ2n) is 4.62. The summed E-state index contributed by atoms with van der Waals surface area (Å²) in [6.45, 7) is 4.10. The number of hydrogen-bond donors (Lipinski definition) is 1. The molecule has 0 aliphatic heterocycles. The van der Waals surface area contributed by atoms with Gasteiger partial charge in [0.1, 0.15) is 0 Å². The van der Waals surface area contributed by atoms with Gasteiger partial charge in [0, 0.05) is 6.42 Å². The Hall–Kier alpha value is -0.900. The van der Waals surface area contributed by atoms with Crippen LogP contribution in [0.15, 0.2) is 0 Å². The number of ether oxygens (including phenoxy) is 1. The van der Waals surface area contributed by atoms with Crippen LogP contribution in [0, 0.1) is 0 Å². The lowest BCUT2D eigenvalue weighted by molar-refractivity contribution is -0.166. The van der Waals surface area contributed by atoms with E-state index < -0.39 is 18.0 Å². The van der Waals surface area contributed by atoms with Gasteiger partial charge in [-0.1, -0.05) is 52.4 Å². The minimum atomic E-state index is -1.16. The Kier molecular flexibility index (Phi) is 10.6. The zero-order chi connectivity index (χ0) is 13.8. The maximum Gasteiger partial charge on any atom is 0.342 e. The van der Waals surface area contributed by atoms with E-state index in [1.165, 1.54) is 6.42 Å². The molecular formula is C14H26O4. The molecule has 0 aromatic rings. The molecule has 4 nitrogen and oxygen atoms in total. The maximum absolute atomic E-state index is 11.3. The average Bonchev–Trinajstić information content (AvgIpc) is 2.35. The molecule has 0 fully saturated rings. The van der Waals surface area contributed by atoms with Crippen molar-refractivity contribution in [3.8, 4) is 0 Å². The maximum atomic E-state index is 11.3. The Morgan fingerprint density at radius 2 is 1.61 bits per heavy atom. The van der Waals surface area contributed by atoms with E-state index >= 15 is 0 Å². The first-order valence-corrected chi connectivity index (χ1v) is 7.04. The highest BCUT2D eigenvalue weighted by Gasteiger charge is 2.19. The van der Waals surface area contributed by atoms with E-state index in [1.807, 2.05) is 6.92 Å². The van der Waals surface area contributed by atoms with Crippen molar-refractivity contribution >= 4 is 11.9 Å². The van der Waals surface area contributed by atoms with Crippen molar-refractivity contribution in [3.63, 3.8) is 0 Å². The molecule has 18 heavy (non-hydrogen) atoms. The van der Waals surface area contributed by atoms with E-state index in [4.69, 9.17) is 0 Å². The number of aliphatic hydroxyl groups is 1. The van der Waals surface area contributed by atoms with Gasteiger partial charge in [0.15, 0.2) is 6.10 Å². The molecule has 0 bridgehead atoms. The predicted molar refractivity (Wildman–Crippen MR) is 70.0 cm³/mol. The molecule has 0 radical (unpaired) electrons. The summed E-state index contributed by atoms with van der Waals surface area (Å²) < 4.78 is 4.59. The fourth-order valence-corrected chi connectivity index (χ4v) is 1.62. The van der Waals surface area contributed by atoms with Crippen molar-refractivity contribution in [1.82, 2.24) is 0 Å². The summed E-state index contributed by atoms with van der Waals surface area (Å²) in [6.07, 6.45) is 6.28. The second-order valence-corrected chi connectivity index (χ2v) is 4.62. The number of unbranched alkanes of at least 4 members (excludes halogenated alkanes) is 5. The van der Waals surface area contributed by atoms with Crippen LogP contribution < -0.4 is 0 Å². The quantitative estimate of drug-likeness (QED) is 0.372. The lowest BCUT2D eigenvalue weighted by Gasteiger charge is -2.08. The molecule has 0 aromatic carbocycles. The van der Waals surface area contributed by atoms with Crippen LogP contribution in [0.2, 0.25) is 0 Å². The number of hydrogen-bond acceptors (Lipinski definition) is 4. The van der Waals surface area contributed by atoms with Crippen molar-refractivity contribution in [2.75, 3.05) is 0 Å². The van der Waals surface area contributed by atoms with E-state index in [9.17, 15) is 14.7 Å². The molecule has 0 saturated heterocycles. The van der Waals surface area contributed by atoms with E-state index in [1.54, 1.807) is 0 Å². The first-order valence-electron chi connectivity index (χ1n) is 7.04. The number of carbonyl (C=O) groups is 2. The highest BCUT2D eigenvalue weighted by Crippen LogP contribution is 2.07. The summed E-state index contributed by atoms with van der Waals surface area (Å²) in [4.78, 5) is 22.6. The lowest BCUT2D eigenvalue weighted by Crippen LogP contribution is -2.25. The minimum Gasteiger partial charge on any atom is -0.391 e. The first-order chi connectivity index (χ1) is 8.61. The van der Waals surface area contributed by atoms with Crippen LogP contribution in [-0.4, -0.2) is 23.1 Å². The molecule has 0 aromatic heterocycles. The van der Waals surface area contributed by atoms with Gasteiger partial charge < -0.3 is 9.84 Å². The van der Waals surface area contributed by atoms with Gasteiger partial charge in [-0.2, -0.15) is 0 Å². The Balaban J connectivity index is 3.63. The minimum absolute atomic E-state index is 0.260. The van der Waals surface area contributed by atoms with Crippen LogP contribution in [0.4, 0.5) is 0 Å². The van der Waals surface area contributed by atoms with E-state index in [2.05, 4.69) is 11.7 Å². The van der Waals surface area contributed by atoms with E-state index in [0.29, 0.717) is 6.42 Å². The van der Waals surface area contributed by atoms with Gasteiger partial charge in [-0.05, 0) is 12.8 Å². The Morgan fingerprint density at radius 1 is 1.00 bits per heavy atom. The van der Waals surface area contributed by atoms with Crippen LogP contribution in [0.3, 0.4) is 0 Å². The van der Waals surface area contributed by atoms with Crippen molar-refractivity contribution in [2.24, 2.45) is 0 Å². The molecule has 0 rings (SSSR count). The zero-order valence-electron chi connectivity index (χ0n) is 11.6. The number of carbonyl (C=O) groups excluding carboxylic acids is 2. The third-order valence-electron chi connectivity index (χ3n) is 2.80. The Bertz CT molecular complexity index is 238. The highest BCUT2D eigenvalue weighted by molar-refractivity contribution is 5.87. The van der Waals surface area contributed by atoms with Gasteiger partial charge in [0.2, 0.25) is 0 Å². The van der Waals surface area contributed by atoms with Crippen molar-refractivity contribution < 1.29 is 19.4 Å². The first kappa shape index (κ1) is 17.1. The SMILES string of the molecule is CCCCCCCC(=O)OC(=O)C(O)CCCC. The number of rotatable bonds is 10. The summed E-state index contributed by atoms with van der Waals surface area (Å²) in [5.41, 5.74) is 0. The number of esters is 2. The van der Waals surface area contributed by atoms with Gasteiger partial charge in [-0.3, -0.25) is 4.79 Å². The molecule has 0 aliphatic carbocycles. The molecular weight excluding hydrogens is 232 g/mol. The van der Waals surface area contributed by atoms with Gasteiger partial charge >= 0.3 is 11.9 Å². The average molecular weight is 258 g/mol. The van der Waals surface area contributed by atoms with Crippen molar-refractivity contribution in [2.45, 2.75) is 77.7 Å². The van der Waals surface area contributed by atoms with Crippen molar-refractivity contribution in [1.29, 1.82) is 0 Å². The fourth-order valence-electron chi connectivity index (χ4n) is 1.62. The van der Waals surface area contributed by atoms with Crippen LogP contribution in [-0.2, 0) is 14.3 Å². The molecule has 4 heteroatoms. The molecule has 106 valence electrons. The van der Waals surface area contributed by atoms with Gasteiger partial charge in [0.25, 0.3) is 0 Å². The van der Waals surface area contributed by atoms with Crippen LogP contribution >= 0.6 is 0 Å². The summed E-state index contributed by atoms with van der Waals surface area (Å²) >= 11 is 0. The molecule has 0 heterocycles. The van der Waals surface area contributed by atoms with E-state index in [0.717, 1.165) is 38.5 Å². The standard InChI is InChI=1S/C14H26O4/c1-3-5-7-8-9-11-13(16)18-14(17)12(15)10-6-4-2/h12,15H,3-11H2,1-2H3. The molecule has 1 atom stereocenters. The lowest BCUT2D eigenvalue weighted by atomic mass is 10.1. The third kappa shape index (κ3) is 9.16. The second kappa shape index (κ2) is 11.2. The predicted octanol–water partition coefficient (Wildman–Crippen LogP) is 2.97. The smallest absolute Gasteiger partial charge is 0.342 e.